The van der Waals surface area contributed by atoms with Crippen LogP contribution in [0.15, 0.2) is 54.6 Å². The molecule has 3 rings (SSSR count). The third kappa shape index (κ3) is 5.22. The second kappa shape index (κ2) is 9.05. The number of para-hydroxylation sites is 1. The quantitative estimate of drug-likeness (QED) is 0.577. The van der Waals surface area contributed by atoms with Gasteiger partial charge in [-0.25, -0.2) is 4.79 Å². The number of nitrogens with zero attached hydrogens (tertiary/aromatic N) is 2. The highest BCUT2D eigenvalue weighted by Crippen LogP contribution is 2.17. The van der Waals surface area contributed by atoms with E-state index in [9.17, 15) is 9.59 Å². The maximum Gasteiger partial charge on any atom is 0.319 e. The van der Waals surface area contributed by atoms with E-state index in [1.165, 1.54) is 5.56 Å². The molecule has 0 bridgehead atoms. The molecule has 3 amide bonds. The van der Waals surface area contributed by atoms with Crippen molar-refractivity contribution in [3.63, 3.8) is 0 Å². The van der Waals surface area contributed by atoms with Crippen LogP contribution in [0.4, 0.5) is 10.5 Å². The average molecular weight is 391 g/mol. The lowest BCUT2D eigenvalue weighted by Crippen LogP contribution is -2.29. The first-order valence-corrected chi connectivity index (χ1v) is 9.42. The number of urea groups is 1. The normalized spacial score (nSPS) is 10.6. The van der Waals surface area contributed by atoms with Gasteiger partial charge in [-0.05, 0) is 31.0 Å². The second-order valence-corrected chi connectivity index (χ2v) is 6.90. The minimum atomic E-state index is -0.447. The zero-order valence-corrected chi connectivity index (χ0v) is 16.6. The largest absolute Gasteiger partial charge is 0.369 e. The van der Waals surface area contributed by atoms with Gasteiger partial charge in [0.15, 0.2) is 0 Å². The van der Waals surface area contributed by atoms with Crippen molar-refractivity contribution in [3.05, 3.63) is 82.7 Å². The Hall–Kier alpha value is -3.61. The molecule has 0 atom stereocenters. The number of carbonyl (C=O) groups is 2. The smallest absolute Gasteiger partial charge is 0.319 e. The molecule has 0 radical (unpaired) electrons. The molecular formula is C22H25N5O2. The lowest BCUT2D eigenvalue weighted by atomic mass is 10.1. The molecule has 3 aromatic rings. The van der Waals surface area contributed by atoms with Gasteiger partial charge in [0.05, 0.1) is 18.7 Å². The number of hydrogen-bond acceptors (Lipinski definition) is 3. The molecule has 0 fully saturated rings. The van der Waals surface area contributed by atoms with Gasteiger partial charge in [-0.15, -0.1) is 0 Å². The summed E-state index contributed by atoms with van der Waals surface area (Å²) in [6.45, 7) is 4.97. The van der Waals surface area contributed by atoms with Gasteiger partial charge in [-0.2, -0.15) is 5.10 Å². The van der Waals surface area contributed by atoms with Gasteiger partial charge in [-0.1, -0.05) is 48.5 Å². The van der Waals surface area contributed by atoms with Crippen LogP contribution in [0.25, 0.3) is 0 Å². The molecular weight excluding hydrogens is 366 g/mol. The molecule has 0 aliphatic heterocycles. The van der Waals surface area contributed by atoms with Crippen LogP contribution in [0, 0.1) is 13.8 Å². The molecule has 7 nitrogen and oxygen atoms in total. The summed E-state index contributed by atoms with van der Waals surface area (Å²) in [6.07, 6.45) is 0.0704. The van der Waals surface area contributed by atoms with E-state index >= 15 is 0 Å². The van der Waals surface area contributed by atoms with Crippen LogP contribution in [-0.2, 0) is 24.3 Å². The molecule has 1 aromatic heterocycles. The Morgan fingerprint density at radius 2 is 1.72 bits per heavy atom. The second-order valence-electron chi connectivity index (χ2n) is 6.90. The van der Waals surface area contributed by atoms with Gasteiger partial charge in [0.2, 0.25) is 5.91 Å². The van der Waals surface area contributed by atoms with E-state index in [0.717, 1.165) is 17.0 Å². The van der Waals surface area contributed by atoms with Crippen LogP contribution in [-0.4, -0.2) is 21.7 Å². The number of aromatic nitrogens is 2. The zero-order chi connectivity index (χ0) is 20.8. The Morgan fingerprint density at radius 1 is 1.03 bits per heavy atom. The summed E-state index contributed by atoms with van der Waals surface area (Å²) < 4.78 is 1.95. The minimum absolute atomic E-state index is 0.0704. The van der Waals surface area contributed by atoms with Crippen molar-refractivity contribution in [1.29, 1.82) is 0 Å². The highest BCUT2D eigenvalue weighted by Gasteiger charge is 2.14. The van der Waals surface area contributed by atoms with E-state index in [4.69, 9.17) is 5.73 Å². The standard InChI is InChI=1S/C22H25N5O2/c1-15-19(16(2)27(26-15)14-17-8-4-3-5-9-17)13-24-22(29)25-20-11-7-6-10-18(20)12-21(23)28/h3-11H,12-14H2,1-2H3,(H2,23,28)(H2,24,25,29). The molecule has 150 valence electrons. The van der Waals surface area contributed by atoms with E-state index in [1.54, 1.807) is 24.3 Å². The Labute approximate surface area is 169 Å². The summed E-state index contributed by atoms with van der Waals surface area (Å²) in [6, 6.07) is 16.9. The van der Waals surface area contributed by atoms with Crippen molar-refractivity contribution in [1.82, 2.24) is 15.1 Å². The molecule has 0 unspecified atom stereocenters. The Morgan fingerprint density at radius 3 is 2.45 bits per heavy atom. The predicted octanol–water partition coefficient (Wildman–Crippen LogP) is 2.90. The molecule has 0 saturated carbocycles. The fourth-order valence-corrected chi connectivity index (χ4v) is 3.22. The fourth-order valence-electron chi connectivity index (χ4n) is 3.22. The molecule has 29 heavy (non-hydrogen) atoms. The number of anilines is 1. The monoisotopic (exact) mass is 391 g/mol. The van der Waals surface area contributed by atoms with Gasteiger partial charge < -0.3 is 16.4 Å². The molecule has 0 spiro atoms. The van der Waals surface area contributed by atoms with Crippen LogP contribution in [0.5, 0.6) is 0 Å². The van der Waals surface area contributed by atoms with Crippen molar-refractivity contribution in [3.8, 4) is 0 Å². The number of rotatable bonds is 7. The molecule has 0 saturated heterocycles. The Kier molecular flexibility index (Phi) is 6.29. The van der Waals surface area contributed by atoms with Gasteiger partial charge in [0.25, 0.3) is 0 Å². The lowest BCUT2D eigenvalue weighted by molar-refractivity contribution is -0.117. The average Bonchev–Trinajstić information content (AvgIpc) is 2.95. The number of primary amides is 1. The number of nitrogens with two attached hydrogens (primary N) is 1. The summed E-state index contributed by atoms with van der Waals surface area (Å²) in [7, 11) is 0. The fraction of sp³-hybridized carbons (Fsp3) is 0.227. The predicted molar refractivity (Wildman–Crippen MR) is 112 cm³/mol. The van der Waals surface area contributed by atoms with Crippen molar-refractivity contribution >= 4 is 17.6 Å². The third-order valence-electron chi connectivity index (χ3n) is 4.76. The van der Waals surface area contributed by atoms with Crippen molar-refractivity contribution in [2.45, 2.75) is 33.4 Å². The zero-order valence-electron chi connectivity index (χ0n) is 16.6. The SMILES string of the molecule is Cc1nn(Cc2ccccc2)c(C)c1CNC(=O)Nc1ccccc1CC(N)=O. The van der Waals surface area contributed by atoms with Gasteiger partial charge in [0.1, 0.15) is 0 Å². The highest BCUT2D eigenvalue weighted by molar-refractivity contribution is 5.91. The first-order valence-electron chi connectivity index (χ1n) is 9.42. The maximum atomic E-state index is 12.4. The summed E-state index contributed by atoms with van der Waals surface area (Å²) >= 11 is 0. The summed E-state index contributed by atoms with van der Waals surface area (Å²) in [5.41, 5.74) is 10.6. The van der Waals surface area contributed by atoms with Gasteiger partial charge in [0, 0.05) is 23.5 Å². The van der Waals surface area contributed by atoms with E-state index in [-0.39, 0.29) is 12.5 Å². The number of aryl methyl sites for hydroxylation is 1. The molecule has 1 heterocycles. The number of hydrogen-bond donors (Lipinski definition) is 3. The maximum absolute atomic E-state index is 12.4. The van der Waals surface area contributed by atoms with Crippen LogP contribution in [0.1, 0.15) is 28.1 Å². The van der Waals surface area contributed by atoms with E-state index in [1.807, 2.05) is 36.7 Å². The van der Waals surface area contributed by atoms with Gasteiger partial charge >= 0.3 is 6.03 Å². The third-order valence-corrected chi connectivity index (χ3v) is 4.76. The lowest BCUT2D eigenvalue weighted by Gasteiger charge is -2.11. The van der Waals surface area contributed by atoms with Gasteiger partial charge in [-0.3, -0.25) is 9.48 Å². The highest BCUT2D eigenvalue weighted by atomic mass is 16.2. The number of benzene rings is 2. The molecule has 4 N–H and O–H groups in total. The van der Waals surface area contributed by atoms with Crippen molar-refractivity contribution in [2.24, 2.45) is 5.73 Å². The Bertz CT molecular complexity index is 1010. The summed E-state index contributed by atoms with van der Waals surface area (Å²) in [5.74, 6) is -0.447. The van der Waals surface area contributed by atoms with Crippen LogP contribution in [0.2, 0.25) is 0 Å². The van der Waals surface area contributed by atoms with Crippen molar-refractivity contribution < 1.29 is 9.59 Å². The molecule has 7 heteroatoms. The summed E-state index contributed by atoms with van der Waals surface area (Å²) in [5, 5.41) is 10.3. The molecule has 2 aromatic carbocycles. The first kappa shape index (κ1) is 20.1. The number of carbonyl (C=O) groups excluding carboxylic acids is 2. The number of amides is 3. The molecule has 0 aliphatic carbocycles. The van der Waals surface area contributed by atoms with Crippen LogP contribution < -0.4 is 16.4 Å². The van der Waals surface area contributed by atoms with Crippen molar-refractivity contribution in [2.75, 3.05) is 5.32 Å². The van der Waals surface area contributed by atoms with E-state index in [0.29, 0.717) is 24.3 Å². The van der Waals surface area contributed by atoms with E-state index in [2.05, 4.69) is 27.9 Å². The minimum Gasteiger partial charge on any atom is -0.369 e. The summed E-state index contributed by atoms with van der Waals surface area (Å²) in [4.78, 5) is 23.6. The topological polar surface area (TPSA) is 102 Å². The van der Waals surface area contributed by atoms with Crippen LogP contribution >= 0.6 is 0 Å². The number of nitrogens with one attached hydrogen (secondary N) is 2. The first-order chi connectivity index (χ1) is 13.9. The molecule has 0 aliphatic rings. The van der Waals surface area contributed by atoms with Crippen LogP contribution in [0.3, 0.4) is 0 Å². The van der Waals surface area contributed by atoms with E-state index < -0.39 is 5.91 Å². The Balaban J connectivity index is 1.64.